The molecule has 0 aliphatic carbocycles. The second-order valence-corrected chi connectivity index (χ2v) is 14.9. The number of piperazine rings is 1. The molecule has 12 nitrogen and oxygen atoms in total. The topological polar surface area (TPSA) is 194 Å². The summed E-state index contributed by atoms with van der Waals surface area (Å²) in [6.45, 7) is 7.16. The maximum Gasteiger partial charge on any atom is 0.245 e. The first kappa shape index (κ1) is 40.6. The second kappa shape index (κ2) is 19.6. The van der Waals surface area contributed by atoms with Crippen molar-refractivity contribution in [3.63, 3.8) is 0 Å². The monoisotopic (exact) mass is 717 g/mol. The summed E-state index contributed by atoms with van der Waals surface area (Å²) in [6.07, 6.45) is 3.98. The molecule has 12 heteroatoms. The van der Waals surface area contributed by atoms with Gasteiger partial charge in [-0.1, -0.05) is 81.4 Å². The minimum absolute atomic E-state index is 0.0872. The molecule has 2 bridgehead atoms. The summed E-state index contributed by atoms with van der Waals surface area (Å²) >= 11 is 0. The van der Waals surface area contributed by atoms with E-state index in [-0.39, 0.29) is 54.3 Å². The number of benzene rings is 2. The minimum Gasteiger partial charge on any atom is -0.345 e. The molecule has 8 N–H and O–H groups in total. The van der Waals surface area contributed by atoms with Gasteiger partial charge in [0.15, 0.2) is 5.78 Å². The predicted molar refractivity (Wildman–Crippen MR) is 201 cm³/mol. The van der Waals surface area contributed by atoms with Gasteiger partial charge in [0.25, 0.3) is 0 Å². The molecule has 4 amide bonds. The van der Waals surface area contributed by atoms with Gasteiger partial charge >= 0.3 is 0 Å². The zero-order valence-electron chi connectivity index (χ0n) is 31.0. The maximum atomic E-state index is 14.1. The number of carbonyl (C=O) groups excluding carboxylic acids is 5. The average Bonchev–Trinajstić information content (AvgIpc) is 3.13. The summed E-state index contributed by atoms with van der Waals surface area (Å²) in [5.41, 5.74) is 19.9. The van der Waals surface area contributed by atoms with E-state index in [9.17, 15) is 24.0 Å². The number of ketones is 1. The van der Waals surface area contributed by atoms with Gasteiger partial charge in [0.05, 0.1) is 30.2 Å². The summed E-state index contributed by atoms with van der Waals surface area (Å²) in [6, 6.07) is 15.5. The fraction of sp³-hybridized carbons (Fsp3) is 0.575. The molecule has 2 aromatic carbocycles. The van der Waals surface area contributed by atoms with E-state index in [4.69, 9.17) is 17.2 Å². The Morgan fingerprint density at radius 1 is 0.769 bits per heavy atom. The van der Waals surface area contributed by atoms with Crippen molar-refractivity contribution >= 4 is 29.4 Å². The molecule has 3 saturated heterocycles. The Bertz CT molecular complexity index is 1480. The van der Waals surface area contributed by atoms with E-state index in [0.29, 0.717) is 58.2 Å². The van der Waals surface area contributed by atoms with Crippen molar-refractivity contribution < 1.29 is 24.0 Å². The predicted octanol–water partition coefficient (Wildman–Crippen LogP) is 2.07. The van der Waals surface area contributed by atoms with Crippen LogP contribution in [0.25, 0.3) is 0 Å². The molecule has 0 spiro atoms. The first-order chi connectivity index (χ1) is 24.9. The number of fused-ring (bicyclic) bond motifs is 2. The number of unbranched alkanes of at least 4 members (excludes halogenated alkanes) is 1. The van der Waals surface area contributed by atoms with Crippen LogP contribution in [0.5, 0.6) is 0 Å². The maximum absolute atomic E-state index is 14.1. The highest BCUT2D eigenvalue weighted by Gasteiger charge is 2.50. The van der Waals surface area contributed by atoms with Gasteiger partial charge in [-0.25, -0.2) is 0 Å². The number of nitrogens with two attached hydrogens (primary N) is 3. The lowest BCUT2D eigenvalue weighted by Gasteiger charge is -2.57. The van der Waals surface area contributed by atoms with E-state index in [1.165, 1.54) is 0 Å². The van der Waals surface area contributed by atoms with Crippen LogP contribution in [0.2, 0.25) is 0 Å². The van der Waals surface area contributed by atoms with E-state index in [1.807, 2.05) is 86.3 Å². The fourth-order valence-corrected chi connectivity index (χ4v) is 7.35. The van der Waals surface area contributed by atoms with Crippen molar-refractivity contribution in [2.24, 2.45) is 29.0 Å². The van der Waals surface area contributed by atoms with E-state index in [0.717, 1.165) is 17.5 Å². The molecular weight excluding hydrogens is 658 g/mol. The van der Waals surface area contributed by atoms with E-state index in [2.05, 4.69) is 10.6 Å². The van der Waals surface area contributed by atoms with Crippen molar-refractivity contribution in [3.8, 4) is 0 Å². The molecule has 3 heterocycles. The first-order valence-corrected chi connectivity index (χ1v) is 18.9. The van der Waals surface area contributed by atoms with Gasteiger partial charge < -0.3 is 37.6 Å². The number of nitrogens with zero attached hydrogens (tertiary/aromatic N) is 2. The average molecular weight is 718 g/mol. The van der Waals surface area contributed by atoms with Gasteiger partial charge in [0.2, 0.25) is 23.6 Å². The number of amides is 4. The highest BCUT2D eigenvalue weighted by molar-refractivity contribution is 5.95. The standard InChI is InChI=1S/C40H59N7O5/c1-4-32(42)39(51)46-24-30-23-31(25-46)47(30)40(52)34(17-11-12-18-41)44-37(49)29(19-26(2)3)22-36(48)35(21-28-15-9-6-10-16-28)45-38(50)33(43)20-27-13-7-5-8-14-27/h5-10,13-16,26,29-35H,4,11-12,17-25,41-43H2,1-3H3,(H,44,49)(H,45,50). The van der Waals surface area contributed by atoms with Crippen LogP contribution in [0, 0.1) is 11.8 Å². The van der Waals surface area contributed by atoms with E-state index >= 15 is 0 Å². The number of Topliss-reactive ketones (excluding diaryl/α,β-unsaturated/α-hetero) is 1. The van der Waals surface area contributed by atoms with Crippen molar-refractivity contribution in [2.75, 3.05) is 19.6 Å². The van der Waals surface area contributed by atoms with Crippen LogP contribution in [-0.2, 0) is 36.8 Å². The lowest BCUT2D eigenvalue weighted by Crippen LogP contribution is -2.73. The quantitative estimate of drug-likeness (QED) is 0.129. The summed E-state index contributed by atoms with van der Waals surface area (Å²) in [5.74, 6) is -1.98. The highest BCUT2D eigenvalue weighted by Crippen LogP contribution is 2.34. The fourth-order valence-electron chi connectivity index (χ4n) is 7.35. The Labute approximate surface area is 308 Å². The van der Waals surface area contributed by atoms with Gasteiger partial charge in [0, 0.05) is 25.4 Å². The Kier molecular flexibility index (Phi) is 15.3. The summed E-state index contributed by atoms with van der Waals surface area (Å²) in [5, 5.41) is 5.93. The third-order valence-corrected chi connectivity index (χ3v) is 10.3. The lowest BCUT2D eigenvalue weighted by molar-refractivity contribution is -0.163. The molecule has 0 aromatic heterocycles. The van der Waals surface area contributed by atoms with Crippen molar-refractivity contribution in [3.05, 3.63) is 71.8 Å². The number of piperidine rings is 1. The molecule has 5 rings (SSSR count). The normalized spacial score (nSPS) is 19.5. The Morgan fingerprint density at radius 3 is 1.90 bits per heavy atom. The van der Waals surface area contributed by atoms with Crippen LogP contribution in [0.3, 0.4) is 0 Å². The van der Waals surface area contributed by atoms with E-state index < -0.39 is 36.0 Å². The lowest BCUT2D eigenvalue weighted by atomic mass is 9.85. The number of nitrogens with one attached hydrogen (secondary N) is 2. The number of hydrogen-bond donors (Lipinski definition) is 5. The van der Waals surface area contributed by atoms with Gasteiger partial charge in [0.1, 0.15) is 6.04 Å². The molecule has 0 saturated carbocycles. The number of hydrogen-bond acceptors (Lipinski definition) is 8. The van der Waals surface area contributed by atoms with Crippen LogP contribution < -0.4 is 27.8 Å². The van der Waals surface area contributed by atoms with Gasteiger partial charge in [-0.15, -0.1) is 0 Å². The van der Waals surface area contributed by atoms with Gasteiger partial charge in [-0.05, 0) is 75.0 Å². The minimum atomic E-state index is -0.895. The third kappa shape index (κ3) is 11.2. The van der Waals surface area contributed by atoms with Crippen LogP contribution >= 0.6 is 0 Å². The third-order valence-electron chi connectivity index (χ3n) is 10.3. The van der Waals surface area contributed by atoms with Crippen molar-refractivity contribution in [1.29, 1.82) is 0 Å². The van der Waals surface area contributed by atoms with Crippen molar-refractivity contribution in [2.45, 2.75) is 115 Å². The SMILES string of the molecule is CCC(N)C(=O)N1CC2CC(C1)N2C(=O)C(CCCCN)NC(=O)C(CC(=O)C(Cc1ccccc1)NC(=O)C(N)Cc1ccccc1)CC(C)C. The molecule has 0 radical (unpaired) electrons. The summed E-state index contributed by atoms with van der Waals surface area (Å²) < 4.78 is 0. The highest BCUT2D eigenvalue weighted by atomic mass is 16.2. The summed E-state index contributed by atoms with van der Waals surface area (Å²) in [7, 11) is 0. The molecule has 3 aliphatic rings. The molecule has 284 valence electrons. The molecular formula is C40H59N7O5. The van der Waals surface area contributed by atoms with Crippen LogP contribution in [0.1, 0.15) is 76.8 Å². The van der Waals surface area contributed by atoms with Crippen LogP contribution in [0.4, 0.5) is 0 Å². The van der Waals surface area contributed by atoms with E-state index in [1.54, 1.807) is 4.90 Å². The molecule has 3 aliphatic heterocycles. The molecule has 2 aromatic rings. The molecule has 7 unspecified atom stereocenters. The Hall–Kier alpha value is -4.13. The smallest absolute Gasteiger partial charge is 0.245 e. The van der Waals surface area contributed by atoms with Crippen LogP contribution in [-0.4, -0.2) is 95.1 Å². The molecule has 3 fully saturated rings. The van der Waals surface area contributed by atoms with Crippen molar-refractivity contribution in [1.82, 2.24) is 20.4 Å². The Balaban J connectivity index is 1.47. The molecule has 52 heavy (non-hydrogen) atoms. The second-order valence-electron chi connectivity index (χ2n) is 14.9. The zero-order chi connectivity index (χ0) is 37.8. The Morgan fingerprint density at radius 2 is 1.35 bits per heavy atom. The summed E-state index contributed by atoms with van der Waals surface area (Å²) in [4.78, 5) is 71.9. The number of carbonyl (C=O) groups is 5. The van der Waals surface area contributed by atoms with Gasteiger partial charge in [-0.3, -0.25) is 24.0 Å². The van der Waals surface area contributed by atoms with Crippen LogP contribution in [0.15, 0.2) is 60.7 Å². The first-order valence-electron chi connectivity index (χ1n) is 18.9. The number of rotatable bonds is 20. The van der Waals surface area contributed by atoms with Gasteiger partial charge in [-0.2, -0.15) is 0 Å². The zero-order valence-corrected chi connectivity index (χ0v) is 31.0. The molecule has 7 atom stereocenters. The largest absolute Gasteiger partial charge is 0.345 e.